The minimum Gasteiger partial charge on any atom is -0.366 e. The Bertz CT molecular complexity index is 734. The second kappa shape index (κ2) is 3.92. The first-order valence-electron chi connectivity index (χ1n) is 5.31. The van der Waals surface area contributed by atoms with Crippen LogP contribution in [0.4, 0.5) is 5.95 Å². The van der Waals surface area contributed by atoms with Gasteiger partial charge in [0.05, 0.1) is 11.1 Å². The summed E-state index contributed by atoms with van der Waals surface area (Å²) < 4.78 is 1.10. The molecule has 0 aliphatic rings. The molecule has 0 aliphatic heterocycles. The second-order valence-electron chi connectivity index (χ2n) is 3.77. The van der Waals surface area contributed by atoms with Crippen molar-refractivity contribution in [2.24, 2.45) is 0 Å². The van der Waals surface area contributed by atoms with Gasteiger partial charge in [0.2, 0.25) is 5.95 Å². The lowest BCUT2D eigenvalue weighted by Crippen LogP contribution is -2.13. The zero-order chi connectivity index (χ0) is 12.5. The molecule has 2 heterocycles. The molecule has 6 nitrogen and oxygen atoms in total. The van der Waals surface area contributed by atoms with Gasteiger partial charge in [0.15, 0.2) is 0 Å². The van der Waals surface area contributed by atoms with Crippen LogP contribution in [0.15, 0.2) is 42.9 Å². The number of carbonyl (C=O) groups excluding carboxylic acids is 1. The van der Waals surface area contributed by atoms with Crippen LogP contribution in [-0.2, 0) is 0 Å². The van der Waals surface area contributed by atoms with E-state index in [2.05, 4.69) is 15.1 Å². The monoisotopic (exact) mass is 239 g/mol. The molecule has 0 saturated heterocycles. The summed E-state index contributed by atoms with van der Waals surface area (Å²) in [6.07, 6.45) is 2.80. The fourth-order valence-corrected chi connectivity index (χ4v) is 1.69. The van der Waals surface area contributed by atoms with Gasteiger partial charge in [0.1, 0.15) is 6.33 Å². The first-order valence-corrected chi connectivity index (χ1v) is 5.31. The number of carbonyl (C=O) groups is 1. The number of rotatable bonds is 1. The highest BCUT2D eigenvalue weighted by atomic mass is 16.2. The number of anilines is 1. The van der Waals surface area contributed by atoms with E-state index in [0.717, 1.165) is 15.6 Å². The number of benzene rings is 1. The summed E-state index contributed by atoms with van der Waals surface area (Å²) in [7, 11) is 0. The van der Waals surface area contributed by atoms with Crippen molar-refractivity contribution in [2.75, 3.05) is 5.73 Å². The molecule has 0 atom stereocenters. The molecule has 3 aromatic rings. The largest absolute Gasteiger partial charge is 0.366 e. The van der Waals surface area contributed by atoms with Crippen LogP contribution in [0.25, 0.3) is 10.9 Å². The molecule has 0 bridgehead atoms. The van der Waals surface area contributed by atoms with Crippen molar-refractivity contribution in [1.29, 1.82) is 0 Å². The number of hydrogen-bond donors (Lipinski definition) is 1. The van der Waals surface area contributed by atoms with Crippen molar-refractivity contribution in [3.63, 3.8) is 0 Å². The van der Waals surface area contributed by atoms with E-state index >= 15 is 0 Å². The molecular weight excluding hydrogens is 230 g/mol. The van der Waals surface area contributed by atoms with Crippen molar-refractivity contribution >= 4 is 22.8 Å². The van der Waals surface area contributed by atoms with E-state index in [0.29, 0.717) is 5.56 Å². The zero-order valence-electron chi connectivity index (χ0n) is 9.32. The molecule has 1 aromatic carbocycles. The summed E-state index contributed by atoms with van der Waals surface area (Å²) in [6.45, 7) is 0. The van der Waals surface area contributed by atoms with Crippen molar-refractivity contribution in [3.8, 4) is 0 Å². The highest BCUT2D eigenvalue weighted by Crippen LogP contribution is 2.13. The first kappa shape index (κ1) is 10.4. The van der Waals surface area contributed by atoms with Crippen LogP contribution in [-0.4, -0.2) is 25.7 Å². The molecule has 3 rings (SSSR count). The Kier molecular flexibility index (Phi) is 2.26. The number of fused-ring (bicyclic) bond motifs is 1. The van der Waals surface area contributed by atoms with Gasteiger partial charge in [0.25, 0.3) is 5.91 Å². The Hall–Kier alpha value is -2.76. The molecule has 0 spiro atoms. The topological polar surface area (TPSA) is 86.7 Å². The summed E-state index contributed by atoms with van der Waals surface area (Å²) >= 11 is 0. The van der Waals surface area contributed by atoms with E-state index in [4.69, 9.17) is 5.73 Å². The average Bonchev–Trinajstić information content (AvgIpc) is 2.84. The Balaban J connectivity index is 2.06. The molecule has 2 aromatic heterocycles. The summed E-state index contributed by atoms with van der Waals surface area (Å²) in [4.78, 5) is 20.0. The molecule has 18 heavy (non-hydrogen) atoms. The van der Waals surface area contributed by atoms with Gasteiger partial charge >= 0.3 is 0 Å². The Labute approximate surface area is 102 Å². The van der Waals surface area contributed by atoms with Crippen LogP contribution in [0.1, 0.15) is 10.4 Å². The van der Waals surface area contributed by atoms with Crippen molar-refractivity contribution in [1.82, 2.24) is 19.7 Å². The summed E-state index contributed by atoms with van der Waals surface area (Å²) in [5, 5.41) is 4.67. The van der Waals surface area contributed by atoms with Gasteiger partial charge in [-0.3, -0.25) is 9.78 Å². The fourth-order valence-electron chi connectivity index (χ4n) is 1.69. The maximum absolute atomic E-state index is 12.1. The predicted octanol–water partition coefficient (Wildman–Crippen LogP) is 1.10. The van der Waals surface area contributed by atoms with E-state index in [1.54, 1.807) is 6.07 Å². The molecule has 0 amide bonds. The van der Waals surface area contributed by atoms with E-state index in [1.165, 1.54) is 12.5 Å². The highest BCUT2D eigenvalue weighted by molar-refractivity contribution is 5.98. The second-order valence-corrected chi connectivity index (χ2v) is 3.77. The maximum atomic E-state index is 12.1. The van der Waals surface area contributed by atoms with Gasteiger partial charge in [-0.05, 0) is 12.1 Å². The van der Waals surface area contributed by atoms with Gasteiger partial charge in [-0.1, -0.05) is 18.2 Å². The third kappa shape index (κ3) is 1.69. The van der Waals surface area contributed by atoms with Gasteiger partial charge in [-0.15, -0.1) is 5.10 Å². The molecule has 0 unspecified atom stereocenters. The maximum Gasteiger partial charge on any atom is 0.281 e. The quantitative estimate of drug-likeness (QED) is 0.687. The van der Waals surface area contributed by atoms with Gasteiger partial charge in [0, 0.05) is 11.6 Å². The fraction of sp³-hybridized carbons (Fsp3) is 0. The minimum absolute atomic E-state index is 0.0668. The normalized spacial score (nSPS) is 10.7. The average molecular weight is 239 g/mol. The van der Waals surface area contributed by atoms with Crippen LogP contribution in [0, 0.1) is 0 Å². The molecule has 0 fully saturated rings. The van der Waals surface area contributed by atoms with E-state index in [9.17, 15) is 4.79 Å². The van der Waals surface area contributed by atoms with Crippen molar-refractivity contribution in [2.45, 2.75) is 0 Å². The standard InChI is InChI=1S/C12H9N5O/c13-12-15-7-17(16-12)11(18)9-5-8-3-1-2-4-10(8)14-6-9/h1-7H,(H2,13,16). The molecule has 0 aliphatic carbocycles. The predicted molar refractivity (Wildman–Crippen MR) is 65.9 cm³/mol. The summed E-state index contributed by atoms with van der Waals surface area (Å²) in [6, 6.07) is 9.34. The van der Waals surface area contributed by atoms with Crippen LogP contribution < -0.4 is 5.73 Å². The van der Waals surface area contributed by atoms with Gasteiger partial charge in [-0.2, -0.15) is 4.68 Å². The third-order valence-corrected chi connectivity index (χ3v) is 2.56. The minimum atomic E-state index is -0.308. The van der Waals surface area contributed by atoms with Gasteiger partial charge in [-0.25, -0.2) is 4.98 Å². The van der Waals surface area contributed by atoms with E-state index < -0.39 is 0 Å². The van der Waals surface area contributed by atoms with Crippen LogP contribution >= 0.6 is 0 Å². The van der Waals surface area contributed by atoms with E-state index in [1.807, 2.05) is 24.3 Å². The molecule has 6 heteroatoms. The Morgan fingerprint density at radius 2 is 2.06 bits per heavy atom. The number of aromatic nitrogens is 4. The summed E-state index contributed by atoms with van der Waals surface area (Å²) in [5.41, 5.74) is 6.66. The Morgan fingerprint density at radius 1 is 1.22 bits per heavy atom. The lowest BCUT2D eigenvalue weighted by molar-refractivity contribution is 0.0945. The molecular formula is C12H9N5O. The van der Waals surface area contributed by atoms with E-state index in [-0.39, 0.29) is 11.9 Å². The number of nitrogen functional groups attached to an aromatic ring is 1. The smallest absolute Gasteiger partial charge is 0.281 e. The highest BCUT2D eigenvalue weighted by Gasteiger charge is 2.11. The number of para-hydroxylation sites is 1. The third-order valence-electron chi connectivity index (χ3n) is 2.56. The number of hydrogen-bond acceptors (Lipinski definition) is 5. The molecule has 2 N–H and O–H groups in total. The summed E-state index contributed by atoms with van der Waals surface area (Å²) in [5.74, 6) is -0.241. The lowest BCUT2D eigenvalue weighted by atomic mass is 10.1. The molecule has 0 saturated carbocycles. The van der Waals surface area contributed by atoms with Crippen LogP contribution in [0.3, 0.4) is 0 Å². The van der Waals surface area contributed by atoms with Crippen LogP contribution in [0.5, 0.6) is 0 Å². The first-order chi connectivity index (χ1) is 8.74. The van der Waals surface area contributed by atoms with Gasteiger partial charge < -0.3 is 5.73 Å². The zero-order valence-corrected chi connectivity index (χ0v) is 9.32. The SMILES string of the molecule is Nc1ncn(C(=O)c2cnc3ccccc3c2)n1. The van der Waals surface area contributed by atoms with Crippen molar-refractivity contribution < 1.29 is 4.79 Å². The number of nitrogens with two attached hydrogens (primary N) is 1. The lowest BCUT2D eigenvalue weighted by Gasteiger charge is -2.01. The molecule has 88 valence electrons. The number of nitrogens with zero attached hydrogens (tertiary/aromatic N) is 4. The number of pyridine rings is 1. The van der Waals surface area contributed by atoms with Crippen molar-refractivity contribution in [3.05, 3.63) is 48.4 Å². The van der Waals surface area contributed by atoms with Crippen LogP contribution in [0.2, 0.25) is 0 Å². The molecule has 0 radical (unpaired) electrons. The Morgan fingerprint density at radius 3 is 2.83 bits per heavy atom.